The van der Waals surface area contributed by atoms with E-state index in [4.69, 9.17) is 0 Å². The van der Waals surface area contributed by atoms with Crippen LogP contribution in [0.3, 0.4) is 0 Å². The first-order valence-electron chi connectivity index (χ1n) is 6.25. The highest BCUT2D eigenvalue weighted by molar-refractivity contribution is 5.77. The van der Waals surface area contributed by atoms with Crippen molar-refractivity contribution < 1.29 is 9.59 Å². The van der Waals surface area contributed by atoms with E-state index in [0.29, 0.717) is 26.1 Å². The Kier molecular flexibility index (Phi) is 6.35. The van der Waals surface area contributed by atoms with Crippen molar-refractivity contribution in [2.75, 3.05) is 25.0 Å². The Bertz CT molecular complexity index is 434. The number of amides is 2. The molecule has 0 aliphatic carbocycles. The Morgan fingerprint density at radius 1 is 1.21 bits per heavy atom. The third-order valence-corrected chi connectivity index (χ3v) is 2.51. The van der Waals surface area contributed by atoms with E-state index in [2.05, 4.69) is 20.9 Å². The molecule has 2 amide bonds. The van der Waals surface area contributed by atoms with Crippen LogP contribution in [0.25, 0.3) is 0 Å². The summed E-state index contributed by atoms with van der Waals surface area (Å²) in [7, 11) is 0. The molecule has 0 aliphatic heterocycles. The Balaban J connectivity index is 2.12. The summed E-state index contributed by atoms with van der Waals surface area (Å²) in [6.45, 7) is 4.97. The van der Waals surface area contributed by atoms with E-state index < -0.39 is 0 Å². The minimum absolute atomic E-state index is 0.0676. The number of carbonyl (C=O) groups is 2. The third kappa shape index (κ3) is 6.40. The van der Waals surface area contributed by atoms with Crippen LogP contribution in [0.4, 0.5) is 5.69 Å². The number of aryl methyl sites for hydroxylation is 1. The van der Waals surface area contributed by atoms with E-state index in [1.807, 2.05) is 13.0 Å². The number of nitrogens with one attached hydrogen (secondary N) is 3. The predicted molar refractivity (Wildman–Crippen MR) is 73.8 cm³/mol. The Labute approximate surface area is 113 Å². The summed E-state index contributed by atoms with van der Waals surface area (Å²) in [5.74, 6) is -0.190. The number of hydrogen-bond acceptors (Lipinski definition) is 4. The van der Waals surface area contributed by atoms with Crippen LogP contribution in [0.15, 0.2) is 18.5 Å². The molecule has 1 aromatic rings. The van der Waals surface area contributed by atoms with E-state index in [-0.39, 0.29) is 11.8 Å². The second-order valence-electron chi connectivity index (χ2n) is 4.20. The molecule has 19 heavy (non-hydrogen) atoms. The highest BCUT2D eigenvalue weighted by atomic mass is 16.2. The van der Waals surface area contributed by atoms with Gasteiger partial charge in [0.2, 0.25) is 11.8 Å². The van der Waals surface area contributed by atoms with Gasteiger partial charge in [0.15, 0.2) is 0 Å². The number of nitrogens with zero attached hydrogens (tertiary/aromatic N) is 1. The molecule has 0 aliphatic rings. The highest BCUT2D eigenvalue weighted by Crippen LogP contribution is 2.10. The van der Waals surface area contributed by atoms with Gasteiger partial charge in [-0.1, -0.05) is 0 Å². The summed E-state index contributed by atoms with van der Waals surface area (Å²) >= 11 is 0. The van der Waals surface area contributed by atoms with Gasteiger partial charge >= 0.3 is 0 Å². The zero-order valence-corrected chi connectivity index (χ0v) is 11.3. The summed E-state index contributed by atoms with van der Waals surface area (Å²) in [4.78, 5) is 26.0. The lowest BCUT2D eigenvalue weighted by atomic mass is 10.2. The van der Waals surface area contributed by atoms with Crippen molar-refractivity contribution in [1.29, 1.82) is 0 Å². The van der Waals surface area contributed by atoms with Crippen molar-refractivity contribution in [2.45, 2.75) is 20.3 Å². The van der Waals surface area contributed by atoms with Gasteiger partial charge < -0.3 is 16.0 Å². The molecule has 0 atom stereocenters. The largest absolute Gasteiger partial charge is 0.383 e. The number of rotatable bonds is 7. The summed E-state index contributed by atoms with van der Waals surface area (Å²) in [6, 6.07) is 1.90. The summed E-state index contributed by atoms with van der Waals surface area (Å²) < 4.78 is 0. The van der Waals surface area contributed by atoms with Gasteiger partial charge in [-0.2, -0.15) is 0 Å². The monoisotopic (exact) mass is 264 g/mol. The molecule has 6 heteroatoms. The van der Waals surface area contributed by atoms with Crippen molar-refractivity contribution in [2.24, 2.45) is 0 Å². The average Bonchev–Trinajstić information content (AvgIpc) is 2.36. The molecule has 1 rings (SSSR count). The van der Waals surface area contributed by atoms with E-state index >= 15 is 0 Å². The lowest BCUT2D eigenvalue weighted by Gasteiger charge is -2.09. The van der Waals surface area contributed by atoms with Gasteiger partial charge in [-0.15, -0.1) is 0 Å². The van der Waals surface area contributed by atoms with Crippen molar-refractivity contribution in [1.82, 2.24) is 15.6 Å². The van der Waals surface area contributed by atoms with Crippen LogP contribution in [0.5, 0.6) is 0 Å². The molecular formula is C13H20N4O2. The predicted octanol–water partition coefficient (Wildman–Crippen LogP) is 0.444. The van der Waals surface area contributed by atoms with Gasteiger partial charge in [0.1, 0.15) is 0 Å². The van der Waals surface area contributed by atoms with E-state index in [1.54, 1.807) is 12.4 Å². The number of aromatic nitrogens is 1. The van der Waals surface area contributed by atoms with E-state index in [0.717, 1.165) is 11.3 Å². The second-order valence-corrected chi connectivity index (χ2v) is 4.20. The van der Waals surface area contributed by atoms with Crippen LogP contribution in [0.2, 0.25) is 0 Å². The normalized spacial score (nSPS) is 9.79. The van der Waals surface area contributed by atoms with Crippen molar-refractivity contribution >= 4 is 17.5 Å². The number of carbonyl (C=O) groups excluding carboxylic acids is 2. The van der Waals surface area contributed by atoms with Crippen molar-refractivity contribution in [3.8, 4) is 0 Å². The average molecular weight is 264 g/mol. The molecule has 0 saturated carbocycles. The fraction of sp³-hybridized carbons (Fsp3) is 0.462. The van der Waals surface area contributed by atoms with Crippen LogP contribution in [0, 0.1) is 6.92 Å². The fourth-order valence-corrected chi connectivity index (χ4v) is 1.51. The summed E-state index contributed by atoms with van der Waals surface area (Å²) in [6.07, 6.45) is 3.81. The fourth-order valence-electron chi connectivity index (χ4n) is 1.51. The van der Waals surface area contributed by atoms with Crippen LogP contribution in [-0.2, 0) is 9.59 Å². The minimum Gasteiger partial charge on any atom is -0.383 e. The zero-order chi connectivity index (χ0) is 14.1. The molecule has 104 valence electrons. The third-order valence-electron chi connectivity index (χ3n) is 2.51. The molecule has 0 spiro atoms. The second kappa shape index (κ2) is 8.07. The standard InChI is InChI=1S/C13H20N4O2/c1-10-9-14-5-3-12(10)16-7-8-17-13(19)4-6-15-11(2)18/h3,5,9H,4,6-8H2,1-2H3,(H,14,16)(H,15,18)(H,17,19). The summed E-state index contributed by atoms with van der Waals surface area (Å²) in [5, 5.41) is 8.57. The molecule has 0 unspecified atom stereocenters. The number of anilines is 1. The van der Waals surface area contributed by atoms with Gasteiger partial charge in [0, 0.05) is 51.1 Å². The van der Waals surface area contributed by atoms with E-state index in [9.17, 15) is 9.59 Å². The SMILES string of the molecule is CC(=O)NCCC(=O)NCCNc1ccncc1C. The molecule has 0 fully saturated rings. The first-order valence-corrected chi connectivity index (χ1v) is 6.25. The molecule has 0 aromatic carbocycles. The first-order chi connectivity index (χ1) is 9.09. The Morgan fingerprint density at radius 2 is 2.00 bits per heavy atom. The Hall–Kier alpha value is -2.11. The van der Waals surface area contributed by atoms with Gasteiger partial charge in [0.25, 0.3) is 0 Å². The molecule has 0 radical (unpaired) electrons. The molecule has 6 nitrogen and oxygen atoms in total. The maximum atomic E-state index is 11.4. The molecule has 1 heterocycles. The van der Waals surface area contributed by atoms with Crippen LogP contribution in [0.1, 0.15) is 18.9 Å². The smallest absolute Gasteiger partial charge is 0.221 e. The summed E-state index contributed by atoms with van der Waals surface area (Å²) in [5.41, 5.74) is 2.09. The molecule has 3 N–H and O–H groups in total. The topological polar surface area (TPSA) is 83.1 Å². The molecular weight excluding hydrogens is 244 g/mol. The molecule has 0 saturated heterocycles. The van der Waals surface area contributed by atoms with Crippen molar-refractivity contribution in [3.05, 3.63) is 24.0 Å². The first kappa shape index (κ1) is 14.9. The maximum absolute atomic E-state index is 11.4. The number of hydrogen-bond donors (Lipinski definition) is 3. The van der Waals surface area contributed by atoms with Gasteiger partial charge in [-0.3, -0.25) is 14.6 Å². The van der Waals surface area contributed by atoms with E-state index in [1.165, 1.54) is 6.92 Å². The van der Waals surface area contributed by atoms with Gasteiger partial charge in [-0.05, 0) is 18.6 Å². The lowest BCUT2D eigenvalue weighted by Crippen LogP contribution is -2.32. The number of pyridine rings is 1. The lowest BCUT2D eigenvalue weighted by molar-refractivity contribution is -0.121. The van der Waals surface area contributed by atoms with Crippen LogP contribution in [-0.4, -0.2) is 36.4 Å². The molecule has 0 bridgehead atoms. The maximum Gasteiger partial charge on any atom is 0.221 e. The van der Waals surface area contributed by atoms with Gasteiger partial charge in [0.05, 0.1) is 0 Å². The van der Waals surface area contributed by atoms with Crippen molar-refractivity contribution in [3.63, 3.8) is 0 Å². The molecule has 1 aromatic heterocycles. The van der Waals surface area contributed by atoms with Crippen LogP contribution >= 0.6 is 0 Å². The quantitative estimate of drug-likeness (QED) is 0.624. The zero-order valence-electron chi connectivity index (χ0n) is 11.3. The van der Waals surface area contributed by atoms with Gasteiger partial charge in [-0.25, -0.2) is 0 Å². The van der Waals surface area contributed by atoms with Crippen LogP contribution < -0.4 is 16.0 Å². The Morgan fingerprint density at radius 3 is 2.68 bits per heavy atom. The minimum atomic E-state index is -0.123. The highest BCUT2D eigenvalue weighted by Gasteiger charge is 2.01.